The average molecular weight is 286 g/mol. The van der Waals surface area contributed by atoms with Crippen LogP contribution in [0.2, 0.25) is 10.0 Å². The highest BCUT2D eigenvalue weighted by Gasteiger charge is 2.12. The SMILES string of the molecule is COC(=O)c1ncn(Cc2cc(Cl)ccc2Cl)n1. The molecular formula is C11H9Cl2N3O2. The third kappa shape index (κ3) is 2.80. The molecule has 0 atom stereocenters. The lowest BCUT2D eigenvalue weighted by Gasteiger charge is -2.04. The summed E-state index contributed by atoms with van der Waals surface area (Å²) in [6.45, 7) is 0.378. The normalized spacial score (nSPS) is 10.4. The summed E-state index contributed by atoms with van der Waals surface area (Å²) in [6.07, 6.45) is 1.43. The maximum Gasteiger partial charge on any atom is 0.377 e. The van der Waals surface area contributed by atoms with Crippen molar-refractivity contribution in [2.45, 2.75) is 6.54 Å². The summed E-state index contributed by atoms with van der Waals surface area (Å²) >= 11 is 11.9. The van der Waals surface area contributed by atoms with E-state index < -0.39 is 5.97 Å². The average Bonchev–Trinajstić information content (AvgIpc) is 2.81. The van der Waals surface area contributed by atoms with Crippen LogP contribution >= 0.6 is 23.2 Å². The van der Waals surface area contributed by atoms with E-state index in [4.69, 9.17) is 23.2 Å². The van der Waals surface area contributed by atoms with Gasteiger partial charge in [0.2, 0.25) is 0 Å². The van der Waals surface area contributed by atoms with Crippen LogP contribution < -0.4 is 0 Å². The minimum Gasteiger partial charge on any atom is -0.463 e. The van der Waals surface area contributed by atoms with Gasteiger partial charge in [-0.2, -0.15) is 0 Å². The fourth-order valence-electron chi connectivity index (χ4n) is 1.39. The van der Waals surface area contributed by atoms with Crippen molar-refractivity contribution >= 4 is 29.2 Å². The number of ether oxygens (including phenoxy) is 1. The van der Waals surface area contributed by atoms with E-state index in [1.807, 2.05) is 0 Å². The first-order valence-electron chi connectivity index (χ1n) is 5.02. The zero-order valence-electron chi connectivity index (χ0n) is 9.43. The van der Waals surface area contributed by atoms with Crippen LogP contribution in [-0.2, 0) is 11.3 Å². The Morgan fingerprint density at radius 3 is 2.94 bits per heavy atom. The van der Waals surface area contributed by atoms with Crippen LogP contribution in [0.3, 0.4) is 0 Å². The first kappa shape index (κ1) is 12.9. The van der Waals surface area contributed by atoms with Crippen molar-refractivity contribution in [2.24, 2.45) is 0 Å². The van der Waals surface area contributed by atoms with Crippen LogP contribution in [-0.4, -0.2) is 27.8 Å². The van der Waals surface area contributed by atoms with E-state index in [0.29, 0.717) is 16.6 Å². The van der Waals surface area contributed by atoms with E-state index in [1.54, 1.807) is 18.2 Å². The van der Waals surface area contributed by atoms with E-state index >= 15 is 0 Å². The second kappa shape index (κ2) is 5.37. The van der Waals surface area contributed by atoms with Gasteiger partial charge in [-0.25, -0.2) is 14.5 Å². The molecule has 94 valence electrons. The Kier molecular flexibility index (Phi) is 3.84. The number of halogens is 2. The van der Waals surface area contributed by atoms with Crippen LogP contribution in [0, 0.1) is 0 Å². The zero-order chi connectivity index (χ0) is 13.1. The largest absolute Gasteiger partial charge is 0.463 e. The quantitative estimate of drug-likeness (QED) is 0.813. The third-order valence-electron chi connectivity index (χ3n) is 2.24. The predicted molar refractivity (Wildman–Crippen MR) is 66.9 cm³/mol. The van der Waals surface area contributed by atoms with Crippen molar-refractivity contribution in [3.05, 3.63) is 46.0 Å². The minimum absolute atomic E-state index is 0.00986. The fourth-order valence-corrected chi connectivity index (χ4v) is 1.77. The lowest BCUT2D eigenvalue weighted by molar-refractivity contribution is 0.0586. The Bertz CT molecular complexity index is 583. The maximum atomic E-state index is 11.2. The minimum atomic E-state index is -0.578. The van der Waals surface area contributed by atoms with Gasteiger partial charge in [0.05, 0.1) is 13.7 Å². The molecule has 2 rings (SSSR count). The Hall–Kier alpha value is -1.59. The molecule has 0 unspecified atom stereocenters. The molecule has 18 heavy (non-hydrogen) atoms. The monoisotopic (exact) mass is 285 g/mol. The van der Waals surface area contributed by atoms with Crippen LogP contribution in [0.15, 0.2) is 24.5 Å². The summed E-state index contributed by atoms with van der Waals surface area (Å²) < 4.78 is 6.01. The van der Waals surface area contributed by atoms with E-state index in [9.17, 15) is 4.79 Å². The van der Waals surface area contributed by atoms with Gasteiger partial charge in [0.25, 0.3) is 5.82 Å². The molecule has 0 aliphatic heterocycles. The lowest BCUT2D eigenvalue weighted by atomic mass is 10.2. The zero-order valence-corrected chi connectivity index (χ0v) is 10.9. The van der Waals surface area contributed by atoms with Crippen molar-refractivity contribution in [3.8, 4) is 0 Å². The van der Waals surface area contributed by atoms with Gasteiger partial charge < -0.3 is 4.74 Å². The summed E-state index contributed by atoms with van der Waals surface area (Å²) in [6, 6.07) is 5.15. The first-order chi connectivity index (χ1) is 8.60. The number of carbonyl (C=O) groups is 1. The summed E-state index contributed by atoms with van der Waals surface area (Å²) in [7, 11) is 1.27. The van der Waals surface area contributed by atoms with Crippen molar-refractivity contribution < 1.29 is 9.53 Å². The molecule has 1 heterocycles. The molecule has 2 aromatic rings. The molecule has 0 spiro atoms. The molecular weight excluding hydrogens is 277 g/mol. The topological polar surface area (TPSA) is 57.0 Å². The van der Waals surface area contributed by atoms with Crippen molar-refractivity contribution in [1.82, 2.24) is 14.8 Å². The number of benzene rings is 1. The number of carbonyl (C=O) groups excluding carboxylic acids is 1. The summed E-state index contributed by atoms with van der Waals surface area (Å²) in [5.74, 6) is -0.568. The molecule has 1 aromatic heterocycles. The summed E-state index contributed by atoms with van der Waals surface area (Å²) in [5.41, 5.74) is 0.797. The van der Waals surface area contributed by atoms with Crippen molar-refractivity contribution in [2.75, 3.05) is 7.11 Å². The van der Waals surface area contributed by atoms with Crippen LogP contribution in [0.5, 0.6) is 0 Å². The molecule has 0 aliphatic carbocycles. The van der Waals surface area contributed by atoms with Crippen LogP contribution in [0.1, 0.15) is 16.2 Å². The van der Waals surface area contributed by atoms with Gasteiger partial charge in [0.1, 0.15) is 6.33 Å². The lowest BCUT2D eigenvalue weighted by Crippen LogP contribution is -2.06. The molecule has 0 fully saturated rings. The van der Waals surface area contributed by atoms with Crippen LogP contribution in [0.4, 0.5) is 0 Å². The molecule has 0 amide bonds. The number of methoxy groups -OCH3 is 1. The predicted octanol–water partition coefficient (Wildman–Crippen LogP) is 2.42. The Morgan fingerprint density at radius 2 is 2.22 bits per heavy atom. The van der Waals surface area contributed by atoms with Gasteiger partial charge in [-0.3, -0.25) is 0 Å². The van der Waals surface area contributed by atoms with Crippen LogP contribution in [0.25, 0.3) is 0 Å². The summed E-state index contributed by atoms with van der Waals surface area (Å²) in [4.78, 5) is 15.0. The third-order valence-corrected chi connectivity index (χ3v) is 2.85. The molecule has 0 saturated heterocycles. The molecule has 0 N–H and O–H groups in total. The Labute approximate surface area is 113 Å². The molecule has 0 aliphatic rings. The highest BCUT2D eigenvalue weighted by atomic mass is 35.5. The molecule has 0 radical (unpaired) electrons. The first-order valence-corrected chi connectivity index (χ1v) is 5.77. The summed E-state index contributed by atoms with van der Waals surface area (Å²) in [5, 5.41) is 5.14. The standard InChI is InChI=1S/C11H9Cl2N3O2/c1-18-11(17)10-14-6-16(15-10)5-7-4-8(12)2-3-9(7)13/h2-4,6H,5H2,1H3. The maximum absolute atomic E-state index is 11.2. The van der Waals surface area contributed by atoms with E-state index in [2.05, 4.69) is 14.8 Å². The molecule has 0 bridgehead atoms. The second-order valence-corrected chi connectivity index (χ2v) is 4.34. The highest BCUT2D eigenvalue weighted by molar-refractivity contribution is 6.33. The van der Waals surface area contributed by atoms with Gasteiger partial charge in [0.15, 0.2) is 0 Å². The molecule has 7 heteroatoms. The van der Waals surface area contributed by atoms with Gasteiger partial charge >= 0.3 is 5.97 Å². The number of esters is 1. The second-order valence-electron chi connectivity index (χ2n) is 3.49. The van der Waals surface area contributed by atoms with E-state index in [0.717, 1.165) is 5.56 Å². The van der Waals surface area contributed by atoms with E-state index in [-0.39, 0.29) is 5.82 Å². The Balaban J connectivity index is 2.21. The number of hydrogen-bond acceptors (Lipinski definition) is 4. The number of rotatable bonds is 3. The number of aromatic nitrogens is 3. The smallest absolute Gasteiger partial charge is 0.377 e. The van der Waals surface area contributed by atoms with Gasteiger partial charge in [-0.15, -0.1) is 5.10 Å². The number of hydrogen-bond donors (Lipinski definition) is 0. The van der Waals surface area contributed by atoms with E-state index in [1.165, 1.54) is 18.1 Å². The number of nitrogens with zero attached hydrogens (tertiary/aromatic N) is 3. The molecule has 5 nitrogen and oxygen atoms in total. The van der Waals surface area contributed by atoms with Gasteiger partial charge in [-0.05, 0) is 23.8 Å². The van der Waals surface area contributed by atoms with Crippen molar-refractivity contribution in [3.63, 3.8) is 0 Å². The van der Waals surface area contributed by atoms with Crippen molar-refractivity contribution in [1.29, 1.82) is 0 Å². The van der Waals surface area contributed by atoms with Gasteiger partial charge in [-0.1, -0.05) is 23.2 Å². The molecule has 1 aromatic carbocycles. The Morgan fingerprint density at radius 1 is 1.44 bits per heavy atom. The fraction of sp³-hybridized carbons (Fsp3) is 0.182. The van der Waals surface area contributed by atoms with Gasteiger partial charge in [0, 0.05) is 10.0 Å². The highest BCUT2D eigenvalue weighted by Crippen LogP contribution is 2.21. The molecule has 0 saturated carbocycles.